The number of rotatable bonds is 6. The molecule has 0 aliphatic heterocycles. The highest BCUT2D eigenvalue weighted by Crippen LogP contribution is 2.59. The van der Waals surface area contributed by atoms with Gasteiger partial charge in [-0.3, -0.25) is 15.0 Å². The van der Waals surface area contributed by atoms with E-state index >= 15 is 0 Å². The van der Waals surface area contributed by atoms with Crippen LogP contribution in [0.15, 0.2) is 55.2 Å². The predicted octanol–water partition coefficient (Wildman–Crippen LogP) is 8.70. The number of pyridine rings is 3. The predicted molar refractivity (Wildman–Crippen MR) is 160 cm³/mol. The summed E-state index contributed by atoms with van der Waals surface area (Å²) in [6.45, 7) is 19.6. The van der Waals surface area contributed by atoms with Gasteiger partial charge in [-0.25, -0.2) is 0 Å². The van der Waals surface area contributed by atoms with Crippen LogP contribution >= 0.6 is 0 Å². The summed E-state index contributed by atoms with van der Waals surface area (Å²) in [6, 6.07) is 9.10. The van der Waals surface area contributed by atoms with Crippen LogP contribution in [0.5, 0.6) is 0 Å². The van der Waals surface area contributed by atoms with Gasteiger partial charge in [-0.05, 0) is 118 Å². The van der Waals surface area contributed by atoms with Crippen LogP contribution in [0.2, 0.25) is 0 Å². The topological polar surface area (TPSA) is 38.7 Å². The maximum Gasteiger partial charge on any atom is 0.0497 e. The minimum Gasteiger partial charge on any atom is -0.264 e. The summed E-state index contributed by atoms with van der Waals surface area (Å²) in [4.78, 5) is 14.0. The fourth-order valence-electron chi connectivity index (χ4n) is 9.62. The molecular formula is C36H47N3. The summed E-state index contributed by atoms with van der Waals surface area (Å²) in [7, 11) is 0. The SMILES string of the molecule is C[C@H]1[C@H](CC[C@@]2(C)CC(C)(C)c3ncccc32)c2cnccc2[C@@]1(C)CC[C@@]1(C)CC(C)(C)c2cnccc21. The first-order valence-electron chi connectivity index (χ1n) is 15.2. The van der Waals surface area contributed by atoms with Crippen molar-refractivity contribution in [3.05, 3.63) is 88.8 Å². The Labute approximate surface area is 236 Å². The van der Waals surface area contributed by atoms with Gasteiger partial charge in [0.15, 0.2) is 0 Å². The van der Waals surface area contributed by atoms with E-state index in [1.54, 1.807) is 5.56 Å². The Morgan fingerprint density at radius 1 is 0.692 bits per heavy atom. The molecule has 0 saturated carbocycles. The quantitative estimate of drug-likeness (QED) is 0.326. The largest absolute Gasteiger partial charge is 0.264 e. The van der Waals surface area contributed by atoms with Crippen molar-refractivity contribution >= 4 is 0 Å². The second kappa shape index (κ2) is 8.72. The molecule has 3 nitrogen and oxygen atoms in total. The van der Waals surface area contributed by atoms with Crippen LogP contribution in [0.1, 0.15) is 133 Å². The molecule has 0 N–H and O–H groups in total. The van der Waals surface area contributed by atoms with Crippen molar-refractivity contribution in [3.63, 3.8) is 0 Å². The van der Waals surface area contributed by atoms with Gasteiger partial charge in [0.1, 0.15) is 0 Å². The molecule has 0 amide bonds. The Kier molecular flexibility index (Phi) is 5.96. The number of hydrogen-bond acceptors (Lipinski definition) is 3. The molecule has 0 bridgehead atoms. The molecule has 0 saturated heterocycles. The van der Waals surface area contributed by atoms with Crippen LogP contribution in [0.3, 0.4) is 0 Å². The molecule has 0 radical (unpaired) electrons. The second-order valence-corrected chi connectivity index (χ2v) is 15.4. The fraction of sp³-hybridized carbons (Fsp3) is 0.583. The van der Waals surface area contributed by atoms with E-state index < -0.39 is 0 Å². The number of aromatic nitrogens is 3. The molecule has 3 aliphatic carbocycles. The standard InChI is InChI=1S/C36H47N3/c1-24-25(11-14-34(6)23-33(4,5)31-29(34)10-9-17-39-31)26-20-37-18-12-27(26)36(24,8)16-15-35(7)22-32(2,3)30-21-38-19-13-28(30)35/h9-10,12-13,17-21,24-25H,11,14-16,22-23H2,1-8H3/t24-,25-,34-,35-,36-/m0/s1. The molecule has 5 atom stereocenters. The zero-order valence-electron chi connectivity index (χ0n) is 25.4. The molecule has 39 heavy (non-hydrogen) atoms. The lowest BCUT2D eigenvalue weighted by Gasteiger charge is -2.37. The molecule has 0 spiro atoms. The third kappa shape index (κ3) is 4.01. The van der Waals surface area contributed by atoms with Gasteiger partial charge in [0, 0.05) is 42.1 Å². The van der Waals surface area contributed by atoms with Gasteiger partial charge < -0.3 is 0 Å². The summed E-state index contributed by atoms with van der Waals surface area (Å²) in [5.41, 5.74) is 9.63. The van der Waals surface area contributed by atoms with Gasteiger partial charge in [0.05, 0.1) is 0 Å². The molecule has 3 aromatic rings. The van der Waals surface area contributed by atoms with Crippen LogP contribution in [0.25, 0.3) is 0 Å². The van der Waals surface area contributed by atoms with E-state index in [1.807, 2.05) is 18.6 Å². The van der Waals surface area contributed by atoms with Crippen LogP contribution in [-0.4, -0.2) is 15.0 Å². The average Bonchev–Trinajstić information content (AvgIpc) is 3.35. The molecule has 3 heterocycles. The van der Waals surface area contributed by atoms with Gasteiger partial charge in [-0.15, -0.1) is 0 Å². The summed E-state index contributed by atoms with van der Waals surface area (Å²) >= 11 is 0. The number of fused-ring (bicyclic) bond motifs is 3. The molecule has 3 heteroatoms. The van der Waals surface area contributed by atoms with Crippen molar-refractivity contribution in [1.29, 1.82) is 0 Å². The third-order valence-electron chi connectivity index (χ3n) is 11.6. The maximum atomic E-state index is 4.84. The molecule has 3 aliphatic rings. The van der Waals surface area contributed by atoms with Gasteiger partial charge in [0.2, 0.25) is 0 Å². The molecule has 3 aromatic heterocycles. The highest BCUT2D eigenvalue weighted by atomic mass is 14.7. The first-order chi connectivity index (χ1) is 18.3. The van der Waals surface area contributed by atoms with E-state index in [4.69, 9.17) is 4.98 Å². The lowest BCUT2D eigenvalue weighted by Crippen LogP contribution is -2.32. The molecular weight excluding hydrogens is 474 g/mol. The van der Waals surface area contributed by atoms with Crippen molar-refractivity contribution < 1.29 is 0 Å². The first kappa shape index (κ1) is 26.7. The highest BCUT2D eigenvalue weighted by Gasteiger charge is 2.51. The van der Waals surface area contributed by atoms with E-state index in [-0.39, 0.29) is 27.1 Å². The van der Waals surface area contributed by atoms with Crippen LogP contribution < -0.4 is 0 Å². The van der Waals surface area contributed by atoms with Crippen molar-refractivity contribution in [2.75, 3.05) is 0 Å². The van der Waals surface area contributed by atoms with E-state index in [0.717, 1.165) is 0 Å². The van der Waals surface area contributed by atoms with E-state index in [9.17, 15) is 0 Å². The molecule has 0 aromatic carbocycles. The second-order valence-electron chi connectivity index (χ2n) is 15.4. The van der Waals surface area contributed by atoms with Gasteiger partial charge >= 0.3 is 0 Å². The minimum atomic E-state index is 0.136. The fourth-order valence-corrected chi connectivity index (χ4v) is 9.62. The Balaban J connectivity index is 1.26. The Bertz CT molecular complexity index is 1410. The van der Waals surface area contributed by atoms with Gasteiger partial charge in [0.25, 0.3) is 0 Å². The van der Waals surface area contributed by atoms with Crippen LogP contribution in [-0.2, 0) is 27.1 Å². The Hall–Kier alpha value is -2.55. The maximum absolute atomic E-state index is 4.84. The van der Waals surface area contributed by atoms with Crippen molar-refractivity contribution in [2.45, 2.75) is 127 Å². The van der Waals surface area contributed by atoms with E-state index in [2.05, 4.69) is 102 Å². The lowest BCUT2D eigenvalue weighted by molar-refractivity contribution is 0.229. The lowest BCUT2D eigenvalue weighted by atomic mass is 9.66. The third-order valence-corrected chi connectivity index (χ3v) is 11.6. The van der Waals surface area contributed by atoms with E-state index in [1.165, 1.54) is 66.5 Å². The average molecular weight is 522 g/mol. The van der Waals surface area contributed by atoms with Crippen LogP contribution in [0, 0.1) is 5.92 Å². The van der Waals surface area contributed by atoms with Crippen molar-refractivity contribution in [1.82, 2.24) is 15.0 Å². The summed E-state index contributed by atoms with van der Waals surface area (Å²) in [5.74, 6) is 1.13. The Morgan fingerprint density at radius 2 is 1.36 bits per heavy atom. The van der Waals surface area contributed by atoms with Crippen molar-refractivity contribution in [3.8, 4) is 0 Å². The monoisotopic (exact) mass is 521 g/mol. The molecule has 206 valence electrons. The smallest absolute Gasteiger partial charge is 0.0497 e. The zero-order valence-corrected chi connectivity index (χ0v) is 25.4. The first-order valence-corrected chi connectivity index (χ1v) is 15.2. The molecule has 6 rings (SSSR count). The minimum absolute atomic E-state index is 0.136. The summed E-state index contributed by atoms with van der Waals surface area (Å²) in [6.07, 6.45) is 17.5. The van der Waals surface area contributed by atoms with E-state index in [0.29, 0.717) is 11.8 Å². The summed E-state index contributed by atoms with van der Waals surface area (Å²) in [5, 5.41) is 0. The Morgan fingerprint density at radius 3 is 2.13 bits per heavy atom. The summed E-state index contributed by atoms with van der Waals surface area (Å²) < 4.78 is 0. The normalized spacial score (nSPS) is 33.5. The molecule has 0 fully saturated rings. The van der Waals surface area contributed by atoms with Gasteiger partial charge in [-0.2, -0.15) is 0 Å². The van der Waals surface area contributed by atoms with Crippen LogP contribution in [0.4, 0.5) is 0 Å². The highest BCUT2D eigenvalue weighted by molar-refractivity contribution is 5.45. The molecule has 0 unspecified atom stereocenters. The van der Waals surface area contributed by atoms with Crippen molar-refractivity contribution in [2.24, 2.45) is 5.92 Å². The number of hydrogen-bond donors (Lipinski definition) is 0. The van der Waals surface area contributed by atoms with Gasteiger partial charge in [-0.1, -0.05) is 61.5 Å². The zero-order chi connectivity index (χ0) is 27.8. The number of nitrogens with zero attached hydrogens (tertiary/aromatic N) is 3.